The third-order valence-electron chi connectivity index (χ3n) is 3.10. The first-order valence-corrected chi connectivity index (χ1v) is 8.30. The maximum atomic E-state index is 3.63. The summed E-state index contributed by atoms with van der Waals surface area (Å²) in [6.07, 6.45) is 0.996. The van der Waals surface area contributed by atoms with Crippen LogP contribution in [0.3, 0.4) is 0 Å². The summed E-state index contributed by atoms with van der Waals surface area (Å²) >= 11 is 5.97. The van der Waals surface area contributed by atoms with Crippen LogP contribution in [-0.2, 0) is 6.42 Å². The molecule has 0 saturated carbocycles. The van der Waals surface area contributed by atoms with E-state index in [2.05, 4.69) is 99.3 Å². The first-order chi connectivity index (χ1) is 9.20. The van der Waals surface area contributed by atoms with E-state index in [0.717, 1.165) is 13.0 Å². The van der Waals surface area contributed by atoms with E-state index in [1.807, 2.05) is 0 Å². The Morgan fingerprint density at radius 1 is 1.11 bits per heavy atom. The normalized spacial score (nSPS) is 12.4. The van der Waals surface area contributed by atoms with Crippen molar-refractivity contribution < 1.29 is 0 Å². The molecular weight excluding hydrogens is 413 g/mol. The Hall–Kier alpha value is -0.390. The van der Waals surface area contributed by atoms with Crippen molar-refractivity contribution in [2.75, 3.05) is 6.54 Å². The summed E-state index contributed by atoms with van der Waals surface area (Å²) in [6.45, 7) is 3.13. The highest BCUT2D eigenvalue weighted by Gasteiger charge is 2.12. The fraction of sp³-hybridized carbons (Fsp3) is 0.250. The summed E-state index contributed by atoms with van der Waals surface area (Å²) in [4.78, 5) is 0. The topological polar surface area (TPSA) is 12.0 Å². The van der Waals surface area contributed by atoms with E-state index in [4.69, 9.17) is 0 Å². The van der Waals surface area contributed by atoms with Crippen molar-refractivity contribution in [2.45, 2.75) is 19.4 Å². The van der Waals surface area contributed by atoms with Crippen LogP contribution in [0.5, 0.6) is 0 Å². The third kappa shape index (κ3) is 4.29. The van der Waals surface area contributed by atoms with E-state index in [-0.39, 0.29) is 0 Å². The molecule has 0 aliphatic carbocycles. The molecular formula is C16H17BrIN. The van der Waals surface area contributed by atoms with Crippen molar-refractivity contribution in [3.8, 4) is 0 Å². The molecule has 0 heterocycles. The van der Waals surface area contributed by atoms with Gasteiger partial charge in [-0.25, -0.2) is 0 Å². The van der Waals surface area contributed by atoms with Crippen molar-refractivity contribution in [1.82, 2.24) is 5.32 Å². The molecule has 3 heteroatoms. The Balaban J connectivity index is 2.21. The molecule has 0 bridgehead atoms. The van der Waals surface area contributed by atoms with E-state index in [1.54, 1.807) is 0 Å². The van der Waals surface area contributed by atoms with Gasteiger partial charge in [0.15, 0.2) is 0 Å². The highest BCUT2D eigenvalue weighted by Crippen LogP contribution is 2.24. The van der Waals surface area contributed by atoms with Crippen LogP contribution in [0, 0.1) is 3.57 Å². The van der Waals surface area contributed by atoms with Gasteiger partial charge in [-0.2, -0.15) is 0 Å². The van der Waals surface area contributed by atoms with Crippen LogP contribution >= 0.6 is 38.5 Å². The summed E-state index contributed by atoms with van der Waals surface area (Å²) < 4.78 is 2.46. The number of rotatable bonds is 5. The predicted octanol–water partition coefficient (Wildman–Crippen LogP) is 4.95. The van der Waals surface area contributed by atoms with Crippen LogP contribution < -0.4 is 5.32 Å². The molecule has 0 fully saturated rings. The number of hydrogen-bond acceptors (Lipinski definition) is 1. The second kappa shape index (κ2) is 7.41. The van der Waals surface area contributed by atoms with Gasteiger partial charge in [-0.15, -0.1) is 0 Å². The maximum absolute atomic E-state index is 3.63. The quantitative estimate of drug-likeness (QED) is 0.663. The van der Waals surface area contributed by atoms with Crippen molar-refractivity contribution >= 4 is 38.5 Å². The van der Waals surface area contributed by atoms with E-state index in [9.17, 15) is 0 Å². The van der Waals surface area contributed by atoms with Gasteiger partial charge in [0.1, 0.15) is 0 Å². The summed E-state index contributed by atoms with van der Waals surface area (Å²) in [5, 5.41) is 3.57. The molecule has 0 radical (unpaired) electrons. The van der Waals surface area contributed by atoms with Crippen molar-refractivity contribution in [1.29, 1.82) is 0 Å². The third-order valence-corrected chi connectivity index (χ3v) is 4.60. The lowest BCUT2D eigenvalue weighted by Crippen LogP contribution is -2.23. The monoisotopic (exact) mass is 429 g/mol. The Morgan fingerprint density at radius 3 is 2.42 bits per heavy atom. The fourth-order valence-electron chi connectivity index (χ4n) is 2.13. The Bertz CT molecular complexity index is 525. The first kappa shape index (κ1) is 15.0. The van der Waals surface area contributed by atoms with E-state index in [1.165, 1.54) is 19.2 Å². The maximum Gasteiger partial charge on any atom is 0.0361 e. The van der Waals surface area contributed by atoms with Crippen molar-refractivity contribution in [2.24, 2.45) is 0 Å². The molecule has 0 aliphatic heterocycles. The molecule has 0 aliphatic rings. The number of benzene rings is 2. The minimum atomic E-state index is 0.362. The van der Waals surface area contributed by atoms with Gasteiger partial charge in [0.05, 0.1) is 0 Å². The van der Waals surface area contributed by atoms with Gasteiger partial charge in [-0.05, 0) is 64.9 Å². The Labute approximate surface area is 137 Å². The Morgan fingerprint density at radius 2 is 1.79 bits per heavy atom. The lowest BCUT2D eigenvalue weighted by molar-refractivity contribution is 0.549. The molecule has 0 aromatic heterocycles. The molecule has 0 saturated heterocycles. The van der Waals surface area contributed by atoms with Gasteiger partial charge >= 0.3 is 0 Å². The first-order valence-electron chi connectivity index (χ1n) is 6.43. The zero-order valence-corrected chi connectivity index (χ0v) is 14.6. The van der Waals surface area contributed by atoms with Gasteiger partial charge < -0.3 is 5.32 Å². The number of nitrogens with one attached hydrogen (secondary N) is 1. The minimum Gasteiger partial charge on any atom is -0.310 e. The molecule has 0 spiro atoms. The molecule has 2 aromatic rings. The molecule has 1 unspecified atom stereocenters. The lowest BCUT2D eigenvalue weighted by atomic mass is 9.99. The molecule has 1 atom stereocenters. The van der Waals surface area contributed by atoms with Gasteiger partial charge in [0, 0.05) is 14.1 Å². The van der Waals surface area contributed by atoms with Gasteiger partial charge in [-0.1, -0.05) is 53.2 Å². The zero-order chi connectivity index (χ0) is 13.7. The molecule has 1 N–H and O–H groups in total. The van der Waals surface area contributed by atoms with E-state index < -0.39 is 0 Å². The second-order valence-corrected chi connectivity index (χ2v) is 6.56. The van der Waals surface area contributed by atoms with Crippen LogP contribution in [0.1, 0.15) is 24.1 Å². The van der Waals surface area contributed by atoms with Crippen LogP contribution in [0.2, 0.25) is 0 Å². The van der Waals surface area contributed by atoms with Crippen LogP contribution in [-0.4, -0.2) is 6.54 Å². The summed E-state index contributed by atoms with van der Waals surface area (Å²) in [5.41, 5.74) is 2.69. The Kier molecular flexibility index (Phi) is 5.85. The van der Waals surface area contributed by atoms with Crippen molar-refractivity contribution in [3.05, 3.63) is 67.7 Å². The molecule has 100 valence electrons. The van der Waals surface area contributed by atoms with Crippen molar-refractivity contribution in [3.63, 3.8) is 0 Å². The molecule has 0 amide bonds. The number of halogens is 2. The highest BCUT2D eigenvalue weighted by atomic mass is 127. The largest absolute Gasteiger partial charge is 0.310 e. The SMILES string of the molecule is CCNC(Cc1ccccc1Br)c1ccc(I)cc1. The number of likely N-dealkylation sites (N-methyl/N-ethyl adjacent to an activating group) is 1. The van der Waals surface area contributed by atoms with Crippen LogP contribution in [0.15, 0.2) is 53.0 Å². The van der Waals surface area contributed by atoms with Crippen LogP contribution in [0.25, 0.3) is 0 Å². The lowest BCUT2D eigenvalue weighted by Gasteiger charge is -2.19. The predicted molar refractivity (Wildman–Crippen MR) is 93.4 cm³/mol. The van der Waals surface area contributed by atoms with E-state index in [0.29, 0.717) is 6.04 Å². The highest BCUT2D eigenvalue weighted by molar-refractivity contribution is 14.1. The summed E-state index contributed by atoms with van der Waals surface area (Å²) in [5.74, 6) is 0. The van der Waals surface area contributed by atoms with Gasteiger partial charge in [0.25, 0.3) is 0 Å². The van der Waals surface area contributed by atoms with Crippen LogP contribution in [0.4, 0.5) is 0 Å². The molecule has 2 aromatic carbocycles. The smallest absolute Gasteiger partial charge is 0.0361 e. The second-order valence-electron chi connectivity index (χ2n) is 4.46. The fourth-order valence-corrected chi connectivity index (χ4v) is 2.94. The molecule has 2 rings (SSSR count). The number of hydrogen-bond donors (Lipinski definition) is 1. The molecule has 1 nitrogen and oxygen atoms in total. The van der Waals surface area contributed by atoms with Gasteiger partial charge in [-0.3, -0.25) is 0 Å². The minimum absolute atomic E-state index is 0.362. The van der Waals surface area contributed by atoms with E-state index >= 15 is 0 Å². The average molecular weight is 430 g/mol. The summed E-state index contributed by atoms with van der Waals surface area (Å²) in [7, 11) is 0. The molecule has 19 heavy (non-hydrogen) atoms. The summed E-state index contributed by atoms with van der Waals surface area (Å²) in [6, 6.07) is 17.6. The van der Waals surface area contributed by atoms with Gasteiger partial charge in [0.2, 0.25) is 0 Å². The standard InChI is InChI=1S/C16H17BrIN/c1-2-19-16(12-7-9-14(18)10-8-12)11-13-5-3-4-6-15(13)17/h3-10,16,19H,2,11H2,1H3. The average Bonchev–Trinajstić information content (AvgIpc) is 2.42. The zero-order valence-electron chi connectivity index (χ0n) is 10.9.